The number of thiophene rings is 1. The fraction of sp³-hybridized carbons (Fsp3) is 0.100. The molecular weight excluding hydrogens is 320 g/mol. The fourth-order valence-electron chi connectivity index (χ4n) is 1.13. The largest absolute Gasteiger partial charge is 0.466 e. The van der Waals surface area contributed by atoms with Crippen molar-refractivity contribution in [1.29, 1.82) is 0 Å². The first-order valence-electron chi connectivity index (χ1n) is 4.88. The first-order valence-corrected chi connectivity index (χ1v) is 6.49. The van der Waals surface area contributed by atoms with Crippen LogP contribution in [0, 0.1) is 0 Å². The predicted molar refractivity (Wildman–Crippen MR) is 72.6 cm³/mol. The Kier molecular flexibility index (Phi) is 4.11. The van der Waals surface area contributed by atoms with E-state index in [9.17, 15) is 4.79 Å². The van der Waals surface area contributed by atoms with E-state index in [0.29, 0.717) is 0 Å². The molecule has 0 atom stereocenters. The molecule has 0 aliphatic carbocycles. The van der Waals surface area contributed by atoms with Crippen molar-refractivity contribution in [3.8, 4) is 6.01 Å². The summed E-state index contributed by atoms with van der Waals surface area (Å²) >= 11 is 4.89. The topological polar surface area (TPSA) is 79.9 Å². The van der Waals surface area contributed by atoms with Gasteiger partial charge in [0, 0.05) is 11.0 Å². The number of halogens is 1. The lowest BCUT2D eigenvalue weighted by Crippen LogP contribution is -2.08. The molecule has 2 aromatic rings. The quantitative estimate of drug-likeness (QED) is 0.844. The standard InChI is InChI=1S/C10H9BrN4O2S/c1-17-10-13-9(14-15-10)12-8(16)5-3-6-2-4-7(11)18-6/h2-5H,1H3,(H2,12,13,14,15,16)/b5-3+. The Morgan fingerprint density at radius 1 is 1.61 bits per heavy atom. The molecule has 2 N–H and O–H groups in total. The monoisotopic (exact) mass is 328 g/mol. The first kappa shape index (κ1) is 12.8. The molecular formula is C10H9BrN4O2S. The Hall–Kier alpha value is -1.67. The smallest absolute Gasteiger partial charge is 0.336 e. The highest BCUT2D eigenvalue weighted by atomic mass is 79.9. The van der Waals surface area contributed by atoms with Crippen LogP contribution in [-0.2, 0) is 4.79 Å². The Morgan fingerprint density at radius 2 is 2.44 bits per heavy atom. The minimum absolute atomic E-state index is 0.177. The molecule has 6 nitrogen and oxygen atoms in total. The number of methoxy groups -OCH3 is 1. The maximum atomic E-state index is 11.6. The molecule has 2 rings (SSSR count). The van der Waals surface area contributed by atoms with Crippen molar-refractivity contribution < 1.29 is 9.53 Å². The van der Waals surface area contributed by atoms with Crippen LogP contribution in [0.2, 0.25) is 0 Å². The lowest BCUT2D eigenvalue weighted by molar-refractivity contribution is -0.111. The van der Waals surface area contributed by atoms with Crippen molar-refractivity contribution in [2.24, 2.45) is 0 Å². The molecule has 0 radical (unpaired) electrons. The lowest BCUT2D eigenvalue weighted by atomic mass is 10.4. The zero-order chi connectivity index (χ0) is 13.0. The minimum atomic E-state index is -0.293. The molecule has 8 heteroatoms. The van der Waals surface area contributed by atoms with Crippen LogP contribution in [0.4, 0.5) is 5.95 Å². The van der Waals surface area contributed by atoms with Crippen molar-refractivity contribution >= 4 is 45.2 Å². The average Bonchev–Trinajstić information content (AvgIpc) is 2.95. The number of nitrogens with zero attached hydrogens (tertiary/aromatic N) is 2. The van der Waals surface area contributed by atoms with Crippen LogP contribution in [0.25, 0.3) is 6.08 Å². The molecule has 2 heterocycles. The number of carbonyl (C=O) groups excluding carboxylic acids is 1. The predicted octanol–water partition coefficient (Wildman–Crippen LogP) is 2.29. The highest BCUT2D eigenvalue weighted by molar-refractivity contribution is 9.11. The maximum absolute atomic E-state index is 11.6. The summed E-state index contributed by atoms with van der Waals surface area (Å²) in [6.07, 6.45) is 3.14. The van der Waals surface area contributed by atoms with Gasteiger partial charge in [-0.05, 0) is 34.1 Å². The summed E-state index contributed by atoms with van der Waals surface area (Å²) in [5.41, 5.74) is 0. The molecule has 0 unspecified atom stereocenters. The van der Waals surface area contributed by atoms with E-state index in [1.54, 1.807) is 6.08 Å². The van der Waals surface area contributed by atoms with Gasteiger partial charge in [0.05, 0.1) is 10.9 Å². The third-order valence-corrected chi connectivity index (χ3v) is 3.47. The lowest BCUT2D eigenvalue weighted by Gasteiger charge is -1.94. The highest BCUT2D eigenvalue weighted by Gasteiger charge is 2.04. The second-order valence-corrected chi connectivity index (χ2v) is 5.63. The SMILES string of the molecule is COc1n[nH]c(NC(=O)/C=C/c2ccc(Br)s2)n1. The molecule has 0 bridgehead atoms. The number of anilines is 1. The summed E-state index contributed by atoms with van der Waals surface area (Å²) < 4.78 is 5.80. The summed E-state index contributed by atoms with van der Waals surface area (Å²) in [6.45, 7) is 0. The van der Waals surface area contributed by atoms with Gasteiger partial charge in [-0.25, -0.2) is 5.10 Å². The van der Waals surface area contributed by atoms with Crippen LogP contribution < -0.4 is 10.1 Å². The van der Waals surface area contributed by atoms with E-state index in [0.717, 1.165) is 8.66 Å². The van der Waals surface area contributed by atoms with Crippen LogP contribution in [0.1, 0.15) is 4.88 Å². The van der Waals surface area contributed by atoms with E-state index in [-0.39, 0.29) is 17.9 Å². The number of amides is 1. The summed E-state index contributed by atoms with van der Waals surface area (Å²) in [6, 6.07) is 4.01. The minimum Gasteiger partial charge on any atom is -0.466 e. The number of nitrogens with one attached hydrogen (secondary N) is 2. The molecule has 18 heavy (non-hydrogen) atoms. The van der Waals surface area contributed by atoms with E-state index < -0.39 is 0 Å². The van der Waals surface area contributed by atoms with Gasteiger partial charge < -0.3 is 4.74 Å². The third-order valence-electron chi connectivity index (χ3n) is 1.88. The number of H-pyrrole nitrogens is 1. The Morgan fingerprint density at radius 3 is 3.06 bits per heavy atom. The van der Waals surface area contributed by atoms with Crippen LogP contribution >= 0.6 is 27.3 Å². The van der Waals surface area contributed by atoms with Gasteiger partial charge in [-0.1, -0.05) is 0 Å². The van der Waals surface area contributed by atoms with Crippen molar-refractivity contribution in [3.63, 3.8) is 0 Å². The number of hydrogen-bond acceptors (Lipinski definition) is 5. The molecule has 2 aromatic heterocycles. The Labute approximate surface area is 115 Å². The second kappa shape index (κ2) is 5.78. The van der Waals surface area contributed by atoms with Crippen molar-refractivity contribution in [3.05, 3.63) is 26.9 Å². The Bertz CT molecular complexity index is 578. The summed E-state index contributed by atoms with van der Waals surface area (Å²) in [5, 5.41) is 8.77. The van der Waals surface area contributed by atoms with Gasteiger partial charge in [0.1, 0.15) is 0 Å². The van der Waals surface area contributed by atoms with E-state index in [4.69, 9.17) is 4.74 Å². The number of carbonyl (C=O) groups is 1. The van der Waals surface area contributed by atoms with Crippen LogP contribution in [0.3, 0.4) is 0 Å². The van der Waals surface area contributed by atoms with E-state index in [1.165, 1.54) is 24.5 Å². The van der Waals surface area contributed by atoms with Crippen molar-refractivity contribution in [2.45, 2.75) is 0 Å². The van der Waals surface area contributed by atoms with E-state index >= 15 is 0 Å². The molecule has 0 spiro atoms. The number of hydrogen-bond donors (Lipinski definition) is 2. The van der Waals surface area contributed by atoms with Gasteiger partial charge in [-0.2, -0.15) is 4.98 Å². The Balaban J connectivity index is 1.94. The van der Waals surface area contributed by atoms with Gasteiger partial charge in [0.2, 0.25) is 5.95 Å². The van der Waals surface area contributed by atoms with Crippen LogP contribution in [0.15, 0.2) is 22.0 Å². The highest BCUT2D eigenvalue weighted by Crippen LogP contribution is 2.22. The summed E-state index contributed by atoms with van der Waals surface area (Å²) in [7, 11) is 1.45. The maximum Gasteiger partial charge on any atom is 0.336 e. The van der Waals surface area contributed by atoms with Gasteiger partial charge in [0.15, 0.2) is 0 Å². The van der Waals surface area contributed by atoms with Crippen molar-refractivity contribution in [2.75, 3.05) is 12.4 Å². The number of aromatic nitrogens is 3. The van der Waals surface area contributed by atoms with Gasteiger partial charge in [-0.3, -0.25) is 10.1 Å². The average molecular weight is 329 g/mol. The zero-order valence-corrected chi connectivity index (χ0v) is 11.7. The van der Waals surface area contributed by atoms with Gasteiger partial charge in [-0.15, -0.1) is 16.4 Å². The zero-order valence-electron chi connectivity index (χ0n) is 9.31. The number of rotatable bonds is 4. The molecule has 0 aliphatic rings. The molecule has 0 aliphatic heterocycles. The molecule has 0 saturated heterocycles. The summed E-state index contributed by atoms with van der Waals surface area (Å²) in [5.74, 6) is -0.0489. The van der Waals surface area contributed by atoms with Gasteiger partial charge in [0.25, 0.3) is 5.91 Å². The first-order chi connectivity index (χ1) is 8.67. The second-order valence-electron chi connectivity index (χ2n) is 3.14. The molecule has 0 saturated carbocycles. The van der Waals surface area contributed by atoms with E-state index in [1.807, 2.05) is 12.1 Å². The third kappa shape index (κ3) is 3.41. The number of ether oxygens (including phenoxy) is 1. The number of aromatic amines is 1. The normalized spacial score (nSPS) is 10.8. The molecule has 0 fully saturated rings. The van der Waals surface area contributed by atoms with Crippen molar-refractivity contribution in [1.82, 2.24) is 15.2 Å². The summed E-state index contributed by atoms with van der Waals surface area (Å²) in [4.78, 5) is 16.4. The molecule has 0 aromatic carbocycles. The van der Waals surface area contributed by atoms with Crippen LogP contribution in [-0.4, -0.2) is 28.2 Å². The molecule has 94 valence electrons. The van der Waals surface area contributed by atoms with Crippen LogP contribution in [0.5, 0.6) is 6.01 Å². The van der Waals surface area contributed by atoms with E-state index in [2.05, 4.69) is 36.4 Å². The van der Waals surface area contributed by atoms with Gasteiger partial charge >= 0.3 is 6.01 Å². The fourth-order valence-corrected chi connectivity index (χ4v) is 2.45. The molecule has 1 amide bonds.